The van der Waals surface area contributed by atoms with Gasteiger partial charge in [-0.05, 0) is 35.4 Å². The van der Waals surface area contributed by atoms with Gasteiger partial charge in [0.15, 0.2) is 0 Å². The number of nitrogens with two attached hydrogens (primary N) is 2. The van der Waals surface area contributed by atoms with Crippen molar-refractivity contribution in [3.63, 3.8) is 0 Å². The van der Waals surface area contributed by atoms with Crippen LogP contribution in [0.1, 0.15) is 11.1 Å². The average Bonchev–Trinajstić information content (AvgIpc) is 2.42. The predicted octanol–water partition coefficient (Wildman–Crippen LogP) is 1.91. The van der Waals surface area contributed by atoms with Gasteiger partial charge in [-0.25, -0.2) is 0 Å². The van der Waals surface area contributed by atoms with Crippen LogP contribution in [0.15, 0.2) is 48.5 Å². The molecule has 2 aromatic rings. The van der Waals surface area contributed by atoms with Gasteiger partial charge in [-0.1, -0.05) is 24.3 Å². The van der Waals surface area contributed by atoms with Gasteiger partial charge in [-0.15, -0.1) is 0 Å². The molecule has 0 aromatic heterocycles. The molecular formula is C15H17N3O. The first-order valence-electron chi connectivity index (χ1n) is 6.10. The van der Waals surface area contributed by atoms with Crippen molar-refractivity contribution in [1.82, 2.24) is 0 Å². The topological polar surface area (TPSA) is 81.1 Å². The van der Waals surface area contributed by atoms with Crippen LogP contribution in [0, 0.1) is 0 Å². The number of amides is 1. The number of hydrogen-bond donors (Lipinski definition) is 3. The van der Waals surface area contributed by atoms with Crippen molar-refractivity contribution in [1.29, 1.82) is 0 Å². The summed E-state index contributed by atoms with van der Waals surface area (Å²) in [7, 11) is 0. The maximum atomic E-state index is 11.9. The molecule has 0 aliphatic carbocycles. The molecule has 2 aromatic carbocycles. The number of nitrogen functional groups attached to an aromatic ring is 1. The minimum absolute atomic E-state index is 0.0507. The smallest absolute Gasteiger partial charge is 0.228 e. The molecule has 0 saturated heterocycles. The largest absolute Gasteiger partial charge is 0.399 e. The van der Waals surface area contributed by atoms with Crippen LogP contribution in [0.4, 0.5) is 11.4 Å². The highest BCUT2D eigenvalue weighted by Crippen LogP contribution is 2.11. The van der Waals surface area contributed by atoms with Crippen molar-refractivity contribution in [3.05, 3.63) is 59.7 Å². The Morgan fingerprint density at radius 3 is 2.11 bits per heavy atom. The summed E-state index contributed by atoms with van der Waals surface area (Å²) < 4.78 is 0. The molecule has 98 valence electrons. The summed E-state index contributed by atoms with van der Waals surface area (Å²) in [6.07, 6.45) is 0.332. The lowest BCUT2D eigenvalue weighted by Gasteiger charge is -2.06. The fraction of sp³-hybridized carbons (Fsp3) is 0.133. The van der Waals surface area contributed by atoms with Crippen LogP contribution in [0.25, 0.3) is 0 Å². The molecule has 4 heteroatoms. The van der Waals surface area contributed by atoms with Crippen molar-refractivity contribution in [2.75, 3.05) is 11.1 Å². The van der Waals surface area contributed by atoms with Crippen molar-refractivity contribution >= 4 is 17.3 Å². The standard InChI is InChI=1S/C15H17N3O/c16-10-12-3-7-14(8-4-12)18-15(19)9-11-1-5-13(17)6-2-11/h1-8H,9-10,16-17H2,(H,18,19). The van der Waals surface area contributed by atoms with Crippen LogP contribution in [-0.2, 0) is 17.8 Å². The molecule has 0 saturated carbocycles. The summed E-state index contributed by atoms with van der Waals surface area (Å²) in [5, 5.41) is 2.85. The highest BCUT2D eigenvalue weighted by atomic mass is 16.1. The third-order valence-electron chi connectivity index (χ3n) is 2.82. The van der Waals surface area contributed by atoms with Gasteiger partial charge in [0.1, 0.15) is 0 Å². The van der Waals surface area contributed by atoms with Crippen molar-refractivity contribution in [3.8, 4) is 0 Å². The minimum atomic E-state index is -0.0507. The Balaban J connectivity index is 1.95. The van der Waals surface area contributed by atoms with Crippen LogP contribution in [0.2, 0.25) is 0 Å². The number of carbonyl (C=O) groups excluding carboxylic acids is 1. The molecule has 0 heterocycles. The molecular weight excluding hydrogens is 238 g/mol. The molecule has 0 unspecified atom stereocenters. The molecule has 5 N–H and O–H groups in total. The molecule has 0 radical (unpaired) electrons. The lowest BCUT2D eigenvalue weighted by atomic mass is 10.1. The van der Waals surface area contributed by atoms with Gasteiger partial charge in [-0.3, -0.25) is 4.79 Å². The van der Waals surface area contributed by atoms with E-state index in [0.29, 0.717) is 18.7 Å². The van der Waals surface area contributed by atoms with Crippen molar-refractivity contribution in [2.24, 2.45) is 5.73 Å². The van der Waals surface area contributed by atoms with E-state index in [9.17, 15) is 4.79 Å². The Morgan fingerprint density at radius 1 is 0.947 bits per heavy atom. The predicted molar refractivity (Wildman–Crippen MR) is 77.5 cm³/mol. The third kappa shape index (κ3) is 3.82. The van der Waals surface area contributed by atoms with E-state index in [0.717, 1.165) is 16.8 Å². The van der Waals surface area contributed by atoms with Gasteiger partial charge in [0.25, 0.3) is 0 Å². The van der Waals surface area contributed by atoms with Gasteiger partial charge in [-0.2, -0.15) is 0 Å². The summed E-state index contributed by atoms with van der Waals surface area (Å²) >= 11 is 0. The zero-order chi connectivity index (χ0) is 13.7. The van der Waals surface area contributed by atoms with E-state index in [1.54, 1.807) is 12.1 Å². The van der Waals surface area contributed by atoms with E-state index < -0.39 is 0 Å². The number of rotatable bonds is 4. The molecule has 1 amide bonds. The second-order valence-electron chi connectivity index (χ2n) is 4.37. The monoisotopic (exact) mass is 255 g/mol. The number of benzene rings is 2. The maximum absolute atomic E-state index is 11.9. The Kier molecular flexibility index (Phi) is 4.15. The number of hydrogen-bond acceptors (Lipinski definition) is 3. The minimum Gasteiger partial charge on any atom is -0.399 e. The van der Waals surface area contributed by atoms with Crippen molar-refractivity contribution in [2.45, 2.75) is 13.0 Å². The molecule has 0 fully saturated rings. The summed E-state index contributed by atoms with van der Waals surface area (Å²) in [5.74, 6) is -0.0507. The van der Waals surface area contributed by atoms with Crippen LogP contribution >= 0.6 is 0 Å². The van der Waals surface area contributed by atoms with Crippen LogP contribution in [0.5, 0.6) is 0 Å². The van der Waals surface area contributed by atoms with Gasteiger partial charge < -0.3 is 16.8 Å². The molecule has 0 bridgehead atoms. The first-order valence-corrected chi connectivity index (χ1v) is 6.10. The number of anilines is 2. The Labute approximate surface area is 112 Å². The maximum Gasteiger partial charge on any atom is 0.228 e. The van der Waals surface area contributed by atoms with E-state index in [1.165, 1.54) is 0 Å². The van der Waals surface area contributed by atoms with E-state index in [1.807, 2.05) is 36.4 Å². The van der Waals surface area contributed by atoms with Crippen LogP contribution in [-0.4, -0.2) is 5.91 Å². The number of carbonyl (C=O) groups is 1. The zero-order valence-electron chi connectivity index (χ0n) is 10.6. The summed E-state index contributed by atoms with van der Waals surface area (Å²) in [6, 6.07) is 14.8. The summed E-state index contributed by atoms with van der Waals surface area (Å²) in [4.78, 5) is 11.9. The van der Waals surface area contributed by atoms with Crippen LogP contribution < -0.4 is 16.8 Å². The fourth-order valence-corrected chi connectivity index (χ4v) is 1.75. The van der Waals surface area contributed by atoms with Gasteiger partial charge in [0.2, 0.25) is 5.91 Å². The van der Waals surface area contributed by atoms with Gasteiger partial charge in [0, 0.05) is 17.9 Å². The highest BCUT2D eigenvalue weighted by molar-refractivity contribution is 5.92. The second kappa shape index (κ2) is 6.02. The lowest BCUT2D eigenvalue weighted by molar-refractivity contribution is -0.115. The molecule has 0 spiro atoms. The molecule has 0 aliphatic heterocycles. The van der Waals surface area contributed by atoms with Crippen molar-refractivity contribution < 1.29 is 4.79 Å². The zero-order valence-corrected chi connectivity index (χ0v) is 10.6. The Morgan fingerprint density at radius 2 is 1.53 bits per heavy atom. The van der Waals surface area contributed by atoms with Gasteiger partial charge >= 0.3 is 0 Å². The summed E-state index contributed by atoms with van der Waals surface area (Å²) in [5.41, 5.74) is 14.6. The number of nitrogens with one attached hydrogen (secondary N) is 1. The van der Waals surface area contributed by atoms with E-state index in [2.05, 4.69) is 5.32 Å². The Hall–Kier alpha value is -2.33. The normalized spacial score (nSPS) is 10.2. The third-order valence-corrected chi connectivity index (χ3v) is 2.82. The second-order valence-corrected chi connectivity index (χ2v) is 4.37. The molecule has 0 atom stereocenters. The SMILES string of the molecule is NCc1ccc(NC(=O)Cc2ccc(N)cc2)cc1. The molecule has 4 nitrogen and oxygen atoms in total. The van der Waals surface area contributed by atoms with E-state index >= 15 is 0 Å². The lowest BCUT2D eigenvalue weighted by Crippen LogP contribution is -2.14. The quantitative estimate of drug-likeness (QED) is 0.730. The average molecular weight is 255 g/mol. The first kappa shape index (κ1) is 13.1. The van der Waals surface area contributed by atoms with E-state index in [4.69, 9.17) is 11.5 Å². The Bertz CT molecular complexity index is 547. The fourth-order valence-electron chi connectivity index (χ4n) is 1.75. The molecule has 19 heavy (non-hydrogen) atoms. The van der Waals surface area contributed by atoms with E-state index in [-0.39, 0.29) is 5.91 Å². The summed E-state index contributed by atoms with van der Waals surface area (Å²) in [6.45, 7) is 0.500. The first-order chi connectivity index (χ1) is 9.17. The molecule has 2 rings (SSSR count). The molecule has 0 aliphatic rings. The van der Waals surface area contributed by atoms with Crippen LogP contribution in [0.3, 0.4) is 0 Å². The van der Waals surface area contributed by atoms with Gasteiger partial charge in [0.05, 0.1) is 6.42 Å². The highest BCUT2D eigenvalue weighted by Gasteiger charge is 2.04.